The molecule has 0 saturated heterocycles. The molecule has 1 heterocycles. The molecular weight excluding hydrogens is 300 g/mol. The predicted molar refractivity (Wildman–Crippen MR) is 98.2 cm³/mol. The van der Waals surface area contributed by atoms with Crippen molar-refractivity contribution in [3.8, 4) is 11.3 Å². The lowest BCUT2D eigenvalue weighted by atomic mass is 10.0. The van der Waals surface area contributed by atoms with Gasteiger partial charge in [0.1, 0.15) is 0 Å². The summed E-state index contributed by atoms with van der Waals surface area (Å²) in [5.74, 6) is 0.808. The molecule has 0 unspecified atom stereocenters. The third-order valence-corrected chi connectivity index (χ3v) is 3.89. The van der Waals surface area contributed by atoms with Crippen LogP contribution in [0.1, 0.15) is 38.1 Å². The van der Waals surface area contributed by atoms with E-state index in [2.05, 4.69) is 10.2 Å². The molecule has 2 aromatic rings. The first-order chi connectivity index (χ1) is 11.3. The van der Waals surface area contributed by atoms with Crippen molar-refractivity contribution in [1.82, 2.24) is 15.1 Å². The highest BCUT2D eigenvalue weighted by molar-refractivity contribution is 6.00. The number of amides is 1. The third kappa shape index (κ3) is 3.72. The van der Waals surface area contributed by atoms with E-state index in [9.17, 15) is 4.79 Å². The molecule has 0 spiro atoms. The Morgan fingerprint density at radius 1 is 0.917 bits per heavy atom. The summed E-state index contributed by atoms with van der Waals surface area (Å²) in [5, 5.41) is 8.52. The molecule has 128 valence electrons. The average molecular weight is 326 g/mol. The summed E-state index contributed by atoms with van der Waals surface area (Å²) in [5.41, 5.74) is 2.18. The highest BCUT2D eigenvalue weighted by atomic mass is 16.2. The number of aromatic nitrogens is 2. The van der Waals surface area contributed by atoms with Gasteiger partial charge in [-0.25, -0.2) is 0 Å². The average Bonchev–Trinajstić information content (AvgIpc) is 2.54. The van der Waals surface area contributed by atoms with Crippen LogP contribution in [0.15, 0.2) is 36.4 Å². The highest BCUT2D eigenvalue weighted by Crippen LogP contribution is 2.25. The zero-order valence-corrected chi connectivity index (χ0v) is 15.3. The normalized spacial score (nSPS) is 11.0. The molecule has 0 aliphatic rings. The van der Waals surface area contributed by atoms with Crippen LogP contribution in [0.3, 0.4) is 0 Å². The quantitative estimate of drug-likeness (QED) is 0.844. The highest BCUT2D eigenvalue weighted by Gasteiger charge is 2.24. The molecule has 1 aromatic heterocycles. The lowest BCUT2D eigenvalue weighted by Crippen LogP contribution is -2.42. The van der Waals surface area contributed by atoms with Crippen LogP contribution in [-0.2, 0) is 0 Å². The van der Waals surface area contributed by atoms with E-state index in [1.807, 2.05) is 88.0 Å². The number of hydrogen-bond donors (Lipinski definition) is 0. The van der Waals surface area contributed by atoms with Crippen LogP contribution >= 0.6 is 0 Å². The first-order valence-electron chi connectivity index (χ1n) is 8.26. The lowest BCUT2D eigenvalue weighted by molar-refractivity contribution is 0.0644. The lowest BCUT2D eigenvalue weighted by Gasteiger charge is -2.31. The van der Waals surface area contributed by atoms with E-state index in [1.165, 1.54) is 0 Å². The molecule has 0 saturated carbocycles. The van der Waals surface area contributed by atoms with Gasteiger partial charge in [-0.1, -0.05) is 18.2 Å². The smallest absolute Gasteiger partial charge is 0.255 e. The molecule has 0 aliphatic heterocycles. The fourth-order valence-electron chi connectivity index (χ4n) is 2.80. The van der Waals surface area contributed by atoms with E-state index in [-0.39, 0.29) is 18.0 Å². The minimum Gasteiger partial charge on any atom is -0.361 e. The summed E-state index contributed by atoms with van der Waals surface area (Å²) in [4.78, 5) is 16.9. The summed E-state index contributed by atoms with van der Waals surface area (Å²) in [6, 6.07) is 11.7. The van der Waals surface area contributed by atoms with Gasteiger partial charge in [0.05, 0.1) is 5.69 Å². The molecule has 1 aromatic carbocycles. The number of carbonyl (C=O) groups is 1. The van der Waals surface area contributed by atoms with Crippen molar-refractivity contribution in [2.24, 2.45) is 0 Å². The molecule has 0 N–H and O–H groups in total. The second-order valence-corrected chi connectivity index (χ2v) is 6.62. The topological polar surface area (TPSA) is 49.3 Å². The number of nitrogens with zero attached hydrogens (tertiary/aromatic N) is 4. The van der Waals surface area contributed by atoms with E-state index in [0.717, 1.165) is 11.4 Å². The van der Waals surface area contributed by atoms with Crippen LogP contribution in [0.2, 0.25) is 0 Å². The molecule has 0 radical (unpaired) electrons. The number of benzene rings is 1. The van der Waals surface area contributed by atoms with E-state index < -0.39 is 0 Å². The minimum absolute atomic E-state index is 0.0223. The molecular formula is C19H26N4O. The number of rotatable bonds is 5. The maximum Gasteiger partial charge on any atom is 0.255 e. The Morgan fingerprint density at radius 2 is 1.54 bits per heavy atom. The first-order valence-corrected chi connectivity index (χ1v) is 8.26. The standard InChI is InChI=1S/C19H26N4O/c1-13(2)23(14(3)4)19(24)16-10-8-7-9-15(16)17-11-12-18(21-20-17)22(5)6/h7-14H,1-6H3. The van der Waals surface area contributed by atoms with Crippen molar-refractivity contribution in [1.29, 1.82) is 0 Å². The number of hydrogen-bond acceptors (Lipinski definition) is 4. The van der Waals surface area contributed by atoms with Crippen LogP contribution in [0, 0.1) is 0 Å². The molecule has 0 aliphatic carbocycles. The molecule has 5 nitrogen and oxygen atoms in total. The number of carbonyl (C=O) groups excluding carboxylic acids is 1. The van der Waals surface area contributed by atoms with Gasteiger partial charge >= 0.3 is 0 Å². The maximum atomic E-state index is 13.1. The Labute approximate surface area is 144 Å². The van der Waals surface area contributed by atoms with Gasteiger partial charge in [0.25, 0.3) is 5.91 Å². The van der Waals surface area contributed by atoms with Gasteiger partial charge in [-0.05, 0) is 45.9 Å². The Morgan fingerprint density at radius 3 is 2.04 bits per heavy atom. The van der Waals surface area contributed by atoms with Crippen molar-refractivity contribution < 1.29 is 4.79 Å². The van der Waals surface area contributed by atoms with E-state index in [4.69, 9.17) is 0 Å². The van der Waals surface area contributed by atoms with Gasteiger partial charge in [0.15, 0.2) is 5.82 Å². The van der Waals surface area contributed by atoms with Crippen molar-refractivity contribution in [2.75, 3.05) is 19.0 Å². The van der Waals surface area contributed by atoms with Crippen molar-refractivity contribution in [3.63, 3.8) is 0 Å². The van der Waals surface area contributed by atoms with E-state index in [1.54, 1.807) is 0 Å². The van der Waals surface area contributed by atoms with Crippen LogP contribution in [0.5, 0.6) is 0 Å². The molecule has 2 rings (SSSR count). The van der Waals surface area contributed by atoms with Crippen LogP contribution in [0.4, 0.5) is 5.82 Å². The van der Waals surface area contributed by atoms with Crippen LogP contribution in [0.25, 0.3) is 11.3 Å². The molecule has 0 bridgehead atoms. The maximum absolute atomic E-state index is 13.1. The Hall–Kier alpha value is -2.43. The van der Waals surface area contributed by atoms with Gasteiger partial charge in [0.2, 0.25) is 0 Å². The molecule has 1 amide bonds. The van der Waals surface area contributed by atoms with Gasteiger partial charge in [-0.3, -0.25) is 4.79 Å². The second-order valence-electron chi connectivity index (χ2n) is 6.62. The van der Waals surface area contributed by atoms with Crippen molar-refractivity contribution in [3.05, 3.63) is 42.0 Å². The first kappa shape index (κ1) is 17.9. The Kier molecular flexibility index (Phi) is 5.54. The zero-order valence-electron chi connectivity index (χ0n) is 15.3. The van der Waals surface area contributed by atoms with Gasteiger partial charge in [0, 0.05) is 37.3 Å². The fourth-order valence-corrected chi connectivity index (χ4v) is 2.80. The van der Waals surface area contributed by atoms with E-state index >= 15 is 0 Å². The Balaban J connectivity index is 2.45. The molecule has 0 fully saturated rings. The summed E-state index contributed by atoms with van der Waals surface area (Å²) >= 11 is 0. The third-order valence-electron chi connectivity index (χ3n) is 3.89. The number of anilines is 1. The zero-order chi connectivity index (χ0) is 17.9. The molecule has 5 heteroatoms. The van der Waals surface area contributed by atoms with Gasteiger partial charge in [-0.2, -0.15) is 0 Å². The second kappa shape index (κ2) is 7.43. The predicted octanol–water partition coefficient (Wildman–Crippen LogP) is 3.47. The van der Waals surface area contributed by atoms with Crippen molar-refractivity contribution in [2.45, 2.75) is 39.8 Å². The van der Waals surface area contributed by atoms with Gasteiger partial charge in [-0.15, -0.1) is 10.2 Å². The van der Waals surface area contributed by atoms with Crippen LogP contribution in [-0.4, -0.2) is 47.2 Å². The van der Waals surface area contributed by atoms with Crippen LogP contribution < -0.4 is 4.90 Å². The van der Waals surface area contributed by atoms with Crippen molar-refractivity contribution >= 4 is 11.7 Å². The van der Waals surface area contributed by atoms with E-state index in [0.29, 0.717) is 11.3 Å². The largest absolute Gasteiger partial charge is 0.361 e. The fraction of sp³-hybridized carbons (Fsp3) is 0.421. The monoisotopic (exact) mass is 326 g/mol. The molecule has 0 atom stereocenters. The minimum atomic E-state index is 0.0223. The SMILES string of the molecule is CC(C)N(C(=O)c1ccccc1-c1ccc(N(C)C)nn1)C(C)C. The summed E-state index contributed by atoms with van der Waals surface area (Å²) < 4.78 is 0. The summed E-state index contributed by atoms with van der Waals surface area (Å²) in [6.45, 7) is 8.14. The molecule has 24 heavy (non-hydrogen) atoms. The summed E-state index contributed by atoms with van der Waals surface area (Å²) in [7, 11) is 3.84. The Bertz CT molecular complexity index is 685. The summed E-state index contributed by atoms with van der Waals surface area (Å²) in [6.07, 6.45) is 0. The van der Waals surface area contributed by atoms with Gasteiger partial charge < -0.3 is 9.80 Å².